The van der Waals surface area contributed by atoms with Crippen LogP contribution in [0, 0.1) is 0 Å². The van der Waals surface area contributed by atoms with Crippen LogP contribution < -0.4 is 0 Å². The van der Waals surface area contributed by atoms with Crippen LogP contribution in [0.1, 0.15) is 28.8 Å². The first kappa shape index (κ1) is 13.4. The van der Waals surface area contributed by atoms with Gasteiger partial charge in [0.1, 0.15) is 0 Å². The molecule has 1 amide bonds. The molecule has 0 aliphatic carbocycles. The molecule has 18 heavy (non-hydrogen) atoms. The third kappa shape index (κ3) is 2.68. The maximum Gasteiger partial charge on any atom is 0.416 e. The van der Waals surface area contributed by atoms with Crippen LogP contribution in [0.5, 0.6) is 0 Å². The Morgan fingerprint density at radius 3 is 2.39 bits per heavy atom. The van der Waals surface area contributed by atoms with Crippen molar-refractivity contribution in [3.8, 4) is 0 Å². The van der Waals surface area contributed by atoms with E-state index in [1.165, 1.54) is 6.07 Å². The molecule has 1 aromatic rings. The zero-order valence-corrected chi connectivity index (χ0v) is 11.0. The largest absolute Gasteiger partial charge is 0.416 e. The number of likely N-dealkylation sites (tertiary alicyclic amines) is 1. The van der Waals surface area contributed by atoms with E-state index in [-0.39, 0.29) is 11.5 Å². The van der Waals surface area contributed by atoms with Crippen molar-refractivity contribution in [2.24, 2.45) is 0 Å². The van der Waals surface area contributed by atoms with E-state index >= 15 is 0 Å². The molecule has 0 N–H and O–H groups in total. The van der Waals surface area contributed by atoms with Crippen LogP contribution in [0.4, 0.5) is 13.2 Å². The highest BCUT2D eigenvalue weighted by molar-refractivity contribution is 9.10. The number of hydrogen-bond donors (Lipinski definition) is 0. The summed E-state index contributed by atoms with van der Waals surface area (Å²) in [6.45, 7) is 1.23. The van der Waals surface area contributed by atoms with E-state index in [1.807, 2.05) is 0 Å². The molecule has 0 unspecified atom stereocenters. The van der Waals surface area contributed by atoms with Crippen LogP contribution in [-0.2, 0) is 6.18 Å². The third-order valence-corrected chi connectivity index (χ3v) is 3.61. The van der Waals surface area contributed by atoms with Gasteiger partial charge < -0.3 is 4.90 Å². The molecule has 2 nitrogen and oxygen atoms in total. The number of benzene rings is 1. The molecule has 6 heteroatoms. The second kappa shape index (κ2) is 4.91. The Balaban J connectivity index is 2.34. The molecule has 1 aliphatic rings. The van der Waals surface area contributed by atoms with E-state index < -0.39 is 11.7 Å². The quantitative estimate of drug-likeness (QED) is 0.772. The Kier molecular flexibility index (Phi) is 3.66. The second-order valence-corrected chi connectivity index (χ2v) is 5.05. The second-order valence-electron chi connectivity index (χ2n) is 4.19. The highest BCUT2D eigenvalue weighted by Crippen LogP contribution is 2.32. The van der Waals surface area contributed by atoms with Crippen LogP contribution in [0.25, 0.3) is 0 Å². The molecule has 0 bridgehead atoms. The van der Waals surface area contributed by atoms with Gasteiger partial charge in [0.25, 0.3) is 5.91 Å². The summed E-state index contributed by atoms with van der Waals surface area (Å²) in [6, 6.07) is 3.14. The lowest BCUT2D eigenvalue weighted by atomic mass is 10.1. The van der Waals surface area contributed by atoms with Gasteiger partial charge in [0.2, 0.25) is 0 Å². The van der Waals surface area contributed by atoms with Crippen molar-refractivity contribution in [3.63, 3.8) is 0 Å². The van der Waals surface area contributed by atoms with Crippen molar-refractivity contribution in [3.05, 3.63) is 33.8 Å². The Morgan fingerprint density at radius 1 is 1.22 bits per heavy atom. The molecule has 0 radical (unpaired) electrons. The molecular weight excluding hydrogens is 311 g/mol. The summed E-state index contributed by atoms with van der Waals surface area (Å²) < 4.78 is 38.2. The standard InChI is InChI=1S/C12H11BrF3NO/c13-10-4-3-8(12(14,15)16)7-9(10)11(18)17-5-1-2-6-17/h3-4,7H,1-2,5-6H2. The molecule has 0 saturated carbocycles. The molecule has 2 rings (SSSR count). The monoisotopic (exact) mass is 321 g/mol. The number of rotatable bonds is 1. The Hall–Kier alpha value is -1.04. The number of halogens is 4. The van der Waals surface area contributed by atoms with E-state index in [0.29, 0.717) is 17.6 Å². The molecule has 1 aromatic carbocycles. The van der Waals surface area contributed by atoms with Gasteiger partial charge in [-0.1, -0.05) is 0 Å². The van der Waals surface area contributed by atoms with Gasteiger partial charge in [-0.2, -0.15) is 13.2 Å². The Bertz CT molecular complexity index is 467. The SMILES string of the molecule is O=C(c1cc(C(F)(F)F)ccc1Br)N1CCCC1. The van der Waals surface area contributed by atoms with Crippen LogP contribution in [0.2, 0.25) is 0 Å². The fourth-order valence-electron chi connectivity index (χ4n) is 1.96. The molecule has 1 heterocycles. The predicted octanol–water partition coefficient (Wildman–Crippen LogP) is 3.70. The molecule has 1 saturated heterocycles. The lowest BCUT2D eigenvalue weighted by Crippen LogP contribution is -2.28. The van der Waals surface area contributed by atoms with E-state index in [9.17, 15) is 18.0 Å². The molecule has 0 atom stereocenters. The maximum atomic E-state index is 12.6. The summed E-state index contributed by atoms with van der Waals surface area (Å²) in [4.78, 5) is 13.7. The van der Waals surface area contributed by atoms with Crippen LogP contribution >= 0.6 is 15.9 Å². The zero-order valence-electron chi connectivity index (χ0n) is 9.43. The molecule has 1 aliphatic heterocycles. The fraction of sp³-hybridized carbons (Fsp3) is 0.417. The summed E-state index contributed by atoms with van der Waals surface area (Å²) in [5.41, 5.74) is -0.722. The van der Waals surface area contributed by atoms with Crippen molar-refractivity contribution in [1.82, 2.24) is 4.90 Å². The van der Waals surface area contributed by atoms with Gasteiger partial charge >= 0.3 is 6.18 Å². The first-order valence-corrected chi connectivity index (χ1v) is 6.35. The number of hydrogen-bond acceptors (Lipinski definition) is 1. The summed E-state index contributed by atoms with van der Waals surface area (Å²) >= 11 is 3.13. The minimum absolute atomic E-state index is 0.0757. The predicted molar refractivity (Wildman–Crippen MR) is 64.3 cm³/mol. The van der Waals surface area contributed by atoms with E-state index in [0.717, 1.165) is 25.0 Å². The van der Waals surface area contributed by atoms with E-state index in [4.69, 9.17) is 0 Å². The molecule has 98 valence electrons. The first-order chi connectivity index (χ1) is 8.39. The molecule has 0 spiro atoms. The summed E-state index contributed by atoms with van der Waals surface area (Å²) in [5.74, 6) is -0.342. The number of alkyl halides is 3. The fourth-order valence-corrected chi connectivity index (χ4v) is 2.37. The summed E-state index contributed by atoms with van der Waals surface area (Å²) in [7, 11) is 0. The maximum absolute atomic E-state index is 12.6. The number of amides is 1. The number of carbonyl (C=O) groups is 1. The van der Waals surface area contributed by atoms with Crippen LogP contribution in [-0.4, -0.2) is 23.9 Å². The third-order valence-electron chi connectivity index (χ3n) is 2.92. The lowest BCUT2D eigenvalue weighted by Gasteiger charge is -2.17. The minimum Gasteiger partial charge on any atom is -0.339 e. The minimum atomic E-state index is -4.43. The average Bonchev–Trinajstić information content (AvgIpc) is 2.80. The van der Waals surface area contributed by atoms with Crippen LogP contribution in [0.3, 0.4) is 0 Å². The van der Waals surface area contributed by atoms with Gasteiger partial charge in [-0.3, -0.25) is 4.79 Å². The zero-order chi connectivity index (χ0) is 13.3. The van der Waals surface area contributed by atoms with Crippen molar-refractivity contribution in [1.29, 1.82) is 0 Å². The normalized spacial score (nSPS) is 16.1. The van der Waals surface area contributed by atoms with Gasteiger partial charge in [-0.15, -0.1) is 0 Å². The summed E-state index contributed by atoms with van der Waals surface area (Å²) in [5, 5.41) is 0. The lowest BCUT2D eigenvalue weighted by molar-refractivity contribution is -0.137. The molecule has 0 aromatic heterocycles. The molecule has 1 fully saturated rings. The highest BCUT2D eigenvalue weighted by Gasteiger charge is 2.32. The van der Waals surface area contributed by atoms with Crippen molar-refractivity contribution < 1.29 is 18.0 Å². The first-order valence-electron chi connectivity index (χ1n) is 5.55. The Morgan fingerprint density at radius 2 is 1.83 bits per heavy atom. The number of nitrogens with zero attached hydrogens (tertiary/aromatic N) is 1. The van der Waals surface area contributed by atoms with E-state index in [2.05, 4.69) is 15.9 Å². The van der Waals surface area contributed by atoms with Gasteiger partial charge in [-0.05, 0) is 47.0 Å². The molecular formula is C12H11BrF3NO. The topological polar surface area (TPSA) is 20.3 Å². The van der Waals surface area contributed by atoms with Gasteiger partial charge in [0.05, 0.1) is 11.1 Å². The average molecular weight is 322 g/mol. The van der Waals surface area contributed by atoms with Crippen LogP contribution in [0.15, 0.2) is 22.7 Å². The smallest absolute Gasteiger partial charge is 0.339 e. The van der Waals surface area contributed by atoms with Gasteiger partial charge in [-0.25, -0.2) is 0 Å². The Labute approximate surface area is 111 Å². The van der Waals surface area contributed by atoms with Gasteiger partial charge in [0, 0.05) is 17.6 Å². The summed E-state index contributed by atoms with van der Waals surface area (Å²) in [6.07, 6.45) is -2.62. The van der Waals surface area contributed by atoms with Crippen molar-refractivity contribution in [2.45, 2.75) is 19.0 Å². The van der Waals surface area contributed by atoms with Gasteiger partial charge in [0.15, 0.2) is 0 Å². The highest BCUT2D eigenvalue weighted by atomic mass is 79.9. The van der Waals surface area contributed by atoms with E-state index in [1.54, 1.807) is 4.90 Å². The van der Waals surface area contributed by atoms with Crippen molar-refractivity contribution in [2.75, 3.05) is 13.1 Å². The van der Waals surface area contributed by atoms with Crippen molar-refractivity contribution >= 4 is 21.8 Å². The number of carbonyl (C=O) groups excluding carboxylic acids is 1.